The van der Waals surface area contributed by atoms with Crippen LogP contribution in [0, 0.1) is 5.92 Å². The normalized spacial score (nSPS) is 12.7. The molecule has 0 radical (unpaired) electrons. The Bertz CT molecular complexity index is 218. The summed E-state index contributed by atoms with van der Waals surface area (Å²) in [7, 11) is 0. The summed E-state index contributed by atoms with van der Waals surface area (Å²) in [5.41, 5.74) is 1.31. The lowest BCUT2D eigenvalue weighted by Gasteiger charge is -2.11. The Kier molecular flexibility index (Phi) is 8.01. The molecular formula is C11H17ClO3. The molecular weight excluding hydrogens is 216 g/mol. The van der Waals surface area contributed by atoms with Crippen molar-refractivity contribution < 1.29 is 14.3 Å². The van der Waals surface area contributed by atoms with Crippen LogP contribution in [0.5, 0.6) is 0 Å². The third-order valence-electron chi connectivity index (χ3n) is 1.92. The molecule has 0 bridgehead atoms. The second kappa shape index (κ2) is 8.48. The summed E-state index contributed by atoms with van der Waals surface area (Å²) in [6, 6.07) is 0. The highest BCUT2D eigenvalue weighted by molar-refractivity contribution is 6.25. The van der Waals surface area contributed by atoms with Crippen molar-refractivity contribution in [2.24, 2.45) is 5.92 Å². The molecule has 0 N–H and O–H groups in total. The maximum atomic E-state index is 11.6. The lowest BCUT2D eigenvalue weighted by atomic mass is 9.97. The monoisotopic (exact) mass is 232 g/mol. The highest BCUT2D eigenvalue weighted by Gasteiger charge is 2.25. The molecule has 0 fully saturated rings. The first-order valence-corrected chi connectivity index (χ1v) is 5.55. The van der Waals surface area contributed by atoms with Crippen molar-refractivity contribution in [3.63, 3.8) is 0 Å². The molecule has 3 nitrogen and oxygen atoms in total. The van der Waals surface area contributed by atoms with Gasteiger partial charge in [0.05, 0.1) is 6.61 Å². The SMILES string of the molecule is CCCC(=O)C(C/C=C\Cl)C(=O)OCC. The number of halogens is 1. The van der Waals surface area contributed by atoms with Gasteiger partial charge in [-0.15, -0.1) is 0 Å². The second-order valence-corrected chi connectivity index (χ2v) is 3.37. The fraction of sp³-hybridized carbons (Fsp3) is 0.636. The van der Waals surface area contributed by atoms with Crippen LogP contribution in [0.4, 0.5) is 0 Å². The van der Waals surface area contributed by atoms with Crippen LogP contribution in [0.3, 0.4) is 0 Å². The van der Waals surface area contributed by atoms with E-state index in [1.165, 1.54) is 5.54 Å². The van der Waals surface area contributed by atoms with Gasteiger partial charge < -0.3 is 4.74 Å². The largest absolute Gasteiger partial charge is 0.465 e. The molecule has 0 saturated carbocycles. The zero-order valence-corrected chi connectivity index (χ0v) is 9.92. The van der Waals surface area contributed by atoms with Gasteiger partial charge in [-0.3, -0.25) is 9.59 Å². The molecule has 0 amide bonds. The van der Waals surface area contributed by atoms with Crippen molar-refractivity contribution in [3.8, 4) is 0 Å². The number of carbonyl (C=O) groups is 2. The molecule has 0 aromatic heterocycles. The second-order valence-electron chi connectivity index (χ2n) is 3.12. The summed E-state index contributed by atoms with van der Waals surface area (Å²) in [4.78, 5) is 23.0. The van der Waals surface area contributed by atoms with E-state index in [-0.39, 0.29) is 5.78 Å². The number of ketones is 1. The van der Waals surface area contributed by atoms with Gasteiger partial charge in [-0.05, 0) is 19.8 Å². The number of esters is 1. The van der Waals surface area contributed by atoms with E-state index in [9.17, 15) is 9.59 Å². The molecule has 0 spiro atoms. The lowest BCUT2D eigenvalue weighted by Crippen LogP contribution is -2.25. The highest BCUT2D eigenvalue weighted by atomic mass is 35.5. The summed E-state index contributed by atoms with van der Waals surface area (Å²) in [5, 5.41) is 0. The number of Topliss-reactive ketones (excluding diaryl/α,β-unsaturated/α-hetero) is 1. The Morgan fingerprint density at radius 2 is 2.07 bits per heavy atom. The van der Waals surface area contributed by atoms with Crippen molar-refractivity contribution in [3.05, 3.63) is 11.6 Å². The zero-order valence-electron chi connectivity index (χ0n) is 9.16. The summed E-state index contributed by atoms with van der Waals surface area (Å²) in [6.07, 6.45) is 3.05. The van der Waals surface area contributed by atoms with E-state index < -0.39 is 11.9 Å². The fourth-order valence-corrected chi connectivity index (χ4v) is 1.31. The molecule has 0 aromatic rings. The topological polar surface area (TPSA) is 43.4 Å². The molecule has 0 saturated heterocycles. The third kappa shape index (κ3) is 5.57. The van der Waals surface area contributed by atoms with Gasteiger partial charge in [0.15, 0.2) is 0 Å². The number of hydrogen-bond donors (Lipinski definition) is 0. The lowest BCUT2D eigenvalue weighted by molar-refractivity contribution is -0.151. The average Bonchev–Trinajstić information content (AvgIpc) is 2.19. The van der Waals surface area contributed by atoms with E-state index in [0.717, 1.165) is 6.42 Å². The Labute approximate surface area is 95.4 Å². The molecule has 15 heavy (non-hydrogen) atoms. The van der Waals surface area contributed by atoms with Crippen LogP contribution in [0.15, 0.2) is 11.6 Å². The standard InChI is InChI=1S/C11H17ClO3/c1-3-6-10(13)9(7-5-8-12)11(14)15-4-2/h5,8-9H,3-4,6-7H2,1-2H3/b8-5-. The number of allylic oxidation sites excluding steroid dienone is 1. The molecule has 1 unspecified atom stereocenters. The molecule has 1 atom stereocenters. The predicted octanol–water partition coefficient (Wildman–Crippen LogP) is 2.68. The van der Waals surface area contributed by atoms with Gasteiger partial charge in [-0.1, -0.05) is 24.6 Å². The van der Waals surface area contributed by atoms with Crippen LogP contribution in [0.25, 0.3) is 0 Å². The Morgan fingerprint density at radius 3 is 2.53 bits per heavy atom. The summed E-state index contributed by atoms with van der Waals surface area (Å²) in [5.74, 6) is -1.23. The third-order valence-corrected chi connectivity index (χ3v) is 2.10. The van der Waals surface area contributed by atoms with Crippen LogP contribution in [-0.2, 0) is 14.3 Å². The van der Waals surface area contributed by atoms with Gasteiger partial charge in [-0.2, -0.15) is 0 Å². The van der Waals surface area contributed by atoms with Crippen molar-refractivity contribution in [2.75, 3.05) is 6.61 Å². The molecule has 0 aliphatic carbocycles. The zero-order chi connectivity index (χ0) is 11.7. The number of ether oxygens (including phenoxy) is 1. The molecule has 0 aliphatic heterocycles. The first kappa shape index (κ1) is 14.2. The van der Waals surface area contributed by atoms with E-state index in [0.29, 0.717) is 19.4 Å². The van der Waals surface area contributed by atoms with Crippen LogP contribution in [0.1, 0.15) is 33.1 Å². The first-order valence-electron chi connectivity index (χ1n) is 5.11. The molecule has 0 heterocycles. The van der Waals surface area contributed by atoms with Gasteiger partial charge in [0.25, 0.3) is 0 Å². The maximum Gasteiger partial charge on any atom is 0.316 e. The van der Waals surface area contributed by atoms with Crippen LogP contribution >= 0.6 is 11.6 Å². The number of carbonyl (C=O) groups excluding carboxylic acids is 2. The smallest absolute Gasteiger partial charge is 0.316 e. The van der Waals surface area contributed by atoms with Crippen LogP contribution in [-0.4, -0.2) is 18.4 Å². The van der Waals surface area contributed by atoms with Gasteiger partial charge in [0.1, 0.15) is 11.7 Å². The number of rotatable bonds is 7. The van der Waals surface area contributed by atoms with Gasteiger partial charge in [0.2, 0.25) is 0 Å². The van der Waals surface area contributed by atoms with Crippen LogP contribution in [0.2, 0.25) is 0 Å². The van der Waals surface area contributed by atoms with E-state index >= 15 is 0 Å². The van der Waals surface area contributed by atoms with Crippen LogP contribution < -0.4 is 0 Å². The Hall–Kier alpha value is -0.830. The van der Waals surface area contributed by atoms with Gasteiger partial charge in [0, 0.05) is 12.0 Å². The summed E-state index contributed by atoms with van der Waals surface area (Å²) < 4.78 is 4.83. The first-order chi connectivity index (χ1) is 7.17. The average molecular weight is 233 g/mol. The molecule has 86 valence electrons. The Balaban J connectivity index is 4.41. The van der Waals surface area contributed by atoms with E-state index in [1.54, 1.807) is 13.0 Å². The van der Waals surface area contributed by atoms with E-state index in [2.05, 4.69) is 0 Å². The van der Waals surface area contributed by atoms with E-state index in [4.69, 9.17) is 16.3 Å². The molecule has 0 aliphatic rings. The van der Waals surface area contributed by atoms with Crippen molar-refractivity contribution in [1.82, 2.24) is 0 Å². The van der Waals surface area contributed by atoms with E-state index in [1.807, 2.05) is 6.92 Å². The predicted molar refractivity (Wildman–Crippen MR) is 59.6 cm³/mol. The highest BCUT2D eigenvalue weighted by Crippen LogP contribution is 2.12. The van der Waals surface area contributed by atoms with Crippen molar-refractivity contribution >= 4 is 23.4 Å². The Morgan fingerprint density at radius 1 is 1.40 bits per heavy atom. The van der Waals surface area contributed by atoms with Crippen molar-refractivity contribution in [1.29, 1.82) is 0 Å². The number of hydrogen-bond acceptors (Lipinski definition) is 3. The van der Waals surface area contributed by atoms with Gasteiger partial charge in [-0.25, -0.2) is 0 Å². The van der Waals surface area contributed by atoms with Gasteiger partial charge >= 0.3 is 5.97 Å². The summed E-state index contributed by atoms with van der Waals surface area (Å²) in [6.45, 7) is 3.91. The maximum absolute atomic E-state index is 11.6. The molecule has 0 aromatic carbocycles. The molecule has 0 rings (SSSR count). The molecule has 4 heteroatoms. The summed E-state index contributed by atoms with van der Waals surface area (Å²) >= 11 is 5.37. The quantitative estimate of drug-likeness (QED) is 0.501. The van der Waals surface area contributed by atoms with Crippen molar-refractivity contribution in [2.45, 2.75) is 33.1 Å². The minimum atomic E-state index is -0.695. The minimum absolute atomic E-state index is 0.0780. The minimum Gasteiger partial charge on any atom is -0.465 e. The fourth-order valence-electron chi connectivity index (χ4n) is 1.21.